The van der Waals surface area contributed by atoms with E-state index < -0.39 is 12.1 Å². The zero-order chi connectivity index (χ0) is 14.8. The van der Waals surface area contributed by atoms with Gasteiger partial charge in [0, 0.05) is 12.6 Å². The maximum Gasteiger partial charge on any atom is 0.391 e. The second-order valence-corrected chi connectivity index (χ2v) is 5.51. The van der Waals surface area contributed by atoms with Crippen molar-refractivity contribution in [3.05, 3.63) is 35.4 Å². The van der Waals surface area contributed by atoms with Crippen LogP contribution in [0.25, 0.3) is 0 Å². The van der Waals surface area contributed by atoms with Gasteiger partial charge in [0.25, 0.3) is 0 Å². The summed E-state index contributed by atoms with van der Waals surface area (Å²) < 4.78 is 38.0. The lowest BCUT2D eigenvalue weighted by Gasteiger charge is -2.37. The molecule has 1 aromatic carbocycles. The SMILES string of the molecule is Cc1ccc(C(CN)N2CCC(C(F)(F)F)CC2)cc1. The van der Waals surface area contributed by atoms with Gasteiger partial charge < -0.3 is 5.73 Å². The van der Waals surface area contributed by atoms with E-state index in [1.54, 1.807) is 0 Å². The molecule has 1 saturated heterocycles. The van der Waals surface area contributed by atoms with Gasteiger partial charge in [0.1, 0.15) is 0 Å². The first-order valence-electron chi connectivity index (χ1n) is 6.99. The van der Waals surface area contributed by atoms with E-state index in [2.05, 4.69) is 4.90 Å². The average Bonchev–Trinajstić information content (AvgIpc) is 2.41. The van der Waals surface area contributed by atoms with Crippen molar-refractivity contribution >= 4 is 0 Å². The second kappa shape index (κ2) is 6.14. The van der Waals surface area contributed by atoms with Crippen LogP contribution in [-0.2, 0) is 0 Å². The van der Waals surface area contributed by atoms with Crippen LogP contribution < -0.4 is 5.73 Å². The molecule has 2 rings (SSSR count). The molecule has 5 heteroatoms. The Balaban J connectivity index is 2.02. The van der Waals surface area contributed by atoms with Crippen LogP contribution >= 0.6 is 0 Å². The Morgan fingerprint density at radius 2 is 1.75 bits per heavy atom. The Morgan fingerprint density at radius 1 is 1.20 bits per heavy atom. The molecule has 0 aliphatic carbocycles. The highest BCUT2D eigenvalue weighted by Crippen LogP contribution is 2.36. The van der Waals surface area contributed by atoms with E-state index in [1.807, 2.05) is 31.2 Å². The van der Waals surface area contributed by atoms with Gasteiger partial charge in [0.2, 0.25) is 0 Å². The molecule has 1 fully saturated rings. The monoisotopic (exact) mass is 286 g/mol. The van der Waals surface area contributed by atoms with Gasteiger partial charge in [-0.1, -0.05) is 29.8 Å². The molecule has 0 aromatic heterocycles. The number of alkyl halides is 3. The minimum atomic E-state index is -4.06. The number of nitrogens with two attached hydrogens (primary N) is 1. The molecule has 1 atom stereocenters. The number of halogens is 3. The minimum Gasteiger partial charge on any atom is -0.329 e. The maximum atomic E-state index is 12.7. The quantitative estimate of drug-likeness (QED) is 0.924. The molecular weight excluding hydrogens is 265 g/mol. The summed E-state index contributed by atoms with van der Waals surface area (Å²) in [6.07, 6.45) is -3.72. The van der Waals surface area contributed by atoms with Crippen molar-refractivity contribution in [2.45, 2.75) is 32.0 Å². The first-order valence-corrected chi connectivity index (χ1v) is 6.99. The first-order chi connectivity index (χ1) is 9.41. The minimum absolute atomic E-state index is 0.0183. The number of aryl methyl sites for hydroxylation is 1. The van der Waals surface area contributed by atoms with Crippen molar-refractivity contribution in [3.8, 4) is 0 Å². The van der Waals surface area contributed by atoms with Crippen molar-refractivity contribution in [1.29, 1.82) is 0 Å². The van der Waals surface area contributed by atoms with Crippen LogP contribution in [-0.4, -0.2) is 30.7 Å². The van der Waals surface area contributed by atoms with Crippen LogP contribution in [0.15, 0.2) is 24.3 Å². The topological polar surface area (TPSA) is 29.3 Å². The summed E-state index contributed by atoms with van der Waals surface area (Å²) in [5, 5.41) is 0. The summed E-state index contributed by atoms with van der Waals surface area (Å²) in [4.78, 5) is 2.08. The predicted molar refractivity (Wildman–Crippen MR) is 73.3 cm³/mol. The van der Waals surface area contributed by atoms with Gasteiger partial charge in [-0.3, -0.25) is 4.90 Å². The normalized spacial score (nSPS) is 20.1. The summed E-state index contributed by atoms with van der Waals surface area (Å²) in [6, 6.07) is 8.08. The van der Waals surface area contributed by atoms with Crippen LogP contribution in [0.5, 0.6) is 0 Å². The third-order valence-electron chi connectivity index (χ3n) is 4.12. The molecule has 2 nitrogen and oxygen atoms in total. The molecule has 1 unspecified atom stereocenters. The zero-order valence-electron chi connectivity index (χ0n) is 11.7. The van der Waals surface area contributed by atoms with Crippen molar-refractivity contribution in [3.63, 3.8) is 0 Å². The van der Waals surface area contributed by atoms with E-state index in [1.165, 1.54) is 5.56 Å². The van der Waals surface area contributed by atoms with Gasteiger partial charge in [-0.2, -0.15) is 13.2 Å². The standard InChI is InChI=1S/C15H21F3N2/c1-11-2-4-12(5-3-11)14(10-19)20-8-6-13(7-9-20)15(16,17)18/h2-5,13-14H,6-10,19H2,1H3. The Labute approximate surface area is 117 Å². The van der Waals surface area contributed by atoms with Crippen LogP contribution in [0.3, 0.4) is 0 Å². The molecule has 1 aliphatic heterocycles. The lowest BCUT2D eigenvalue weighted by molar-refractivity contribution is -0.186. The highest BCUT2D eigenvalue weighted by atomic mass is 19.4. The number of nitrogens with zero attached hydrogens (tertiary/aromatic N) is 1. The third-order valence-corrected chi connectivity index (χ3v) is 4.12. The van der Waals surface area contributed by atoms with Crippen LogP contribution in [0.1, 0.15) is 30.0 Å². The van der Waals surface area contributed by atoms with Crippen LogP contribution in [0.4, 0.5) is 13.2 Å². The van der Waals surface area contributed by atoms with E-state index in [0.717, 1.165) is 5.56 Å². The van der Waals surface area contributed by atoms with Crippen molar-refractivity contribution in [1.82, 2.24) is 4.90 Å². The van der Waals surface area contributed by atoms with Gasteiger partial charge in [0.05, 0.1) is 5.92 Å². The Morgan fingerprint density at radius 3 is 2.20 bits per heavy atom. The largest absolute Gasteiger partial charge is 0.391 e. The molecular formula is C15H21F3N2. The summed E-state index contributed by atoms with van der Waals surface area (Å²) in [5.41, 5.74) is 8.08. The molecule has 0 amide bonds. The van der Waals surface area contributed by atoms with Gasteiger partial charge in [-0.05, 0) is 38.4 Å². The van der Waals surface area contributed by atoms with Crippen molar-refractivity contribution in [2.24, 2.45) is 11.7 Å². The zero-order valence-corrected chi connectivity index (χ0v) is 11.7. The fraction of sp³-hybridized carbons (Fsp3) is 0.600. The molecule has 0 radical (unpaired) electrons. The van der Waals surface area contributed by atoms with Gasteiger partial charge in [-0.25, -0.2) is 0 Å². The number of hydrogen-bond acceptors (Lipinski definition) is 2. The van der Waals surface area contributed by atoms with E-state index in [9.17, 15) is 13.2 Å². The maximum absolute atomic E-state index is 12.7. The number of hydrogen-bond donors (Lipinski definition) is 1. The molecule has 112 valence electrons. The average molecular weight is 286 g/mol. The van der Waals surface area contributed by atoms with E-state index in [0.29, 0.717) is 19.6 Å². The molecule has 0 bridgehead atoms. The van der Waals surface area contributed by atoms with Crippen molar-refractivity contribution in [2.75, 3.05) is 19.6 Å². The third kappa shape index (κ3) is 3.52. The van der Waals surface area contributed by atoms with Gasteiger partial charge in [-0.15, -0.1) is 0 Å². The number of benzene rings is 1. The highest BCUT2D eigenvalue weighted by Gasteiger charge is 2.41. The lowest BCUT2D eigenvalue weighted by Crippen LogP contribution is -2.42. The first kappa shape index (κ1) is 15.3. The summed E-state index contributed by atoms with van der Waals surface area (Å²) in [5.74, 6) is -1.16. The lowest BCUT2D eigenvalue weighted by atomic mass is 9.93. The van der Waals surface area contributed by atoms with Crippen LogP contribution in [0, 0.1) is 12.8 Å². The van der Waals surface area contributed by atoms with Crippen LogP contribution in [0.2, 0.25) is 0 Å². The molecule has 1 heterocycles. The second-order valence-electron chi connectivity index (χ2n) is 5.51. The molecule has 2 N–H and O–H groups in total. The number of likely N-dealkylation sites (tertiary alicyclic amines) is 1. The summed E-state index contributed by atoms with van der Waals surface area (Å²) in [6.45, 7) is 3.36. The highest BCUT2D eigenvalue weighted by molar-refractivity contribution is 5.24. The molecule has 0 spiro atoms. The predicted octanol–water partition coefficient (Wildman–Crippen LogP) is 3.27. The van der Waals surface area contributed by atoms with E-state index in [4.69, 9.17) is 5.73 Å². The molecule has 20 heavy (non-hydrogen) atoms. The molecule has 0 saturated carbocycles. The van der Waals surface area contributed by atoms with E-state index in [-0.39, 0.29) is 18.9 Å². The number of rotatable bonds is 3. The molecule has 1 aliphatic rings. The van der Waals surface area contributed by atoms with Crippen molar-refractivity contribution < 1.29 is 13.2 Å². The molecule has 1 aromatic rings. The van der Waals surface area contributed by atoms with Gasteiger partial charge >= 0.3 is 6.18 Å². The summed E-state index contributed by atoms with van der Waals surface area (Å²) >= 11 is 0. The van der Waals surface area contributed by atoms with Gasteiger partial charge in [0.15, 0.2) is 0 Å². The fourth-order valence-corrected chi connectivity index (χ4v) is 2.82. The Bertz CT molecular complexity index is 420. The summed E-state index contributed by atoms with van der Waals surface area (Å²) in [7, 11) is 0. The Kier molecular flexibility index (Phi) is 4.70. The Hall–Kier alpha value is -1.07. The number of piperidine rings is 1. The smallest absolute Gasteiger partial charge is 0.329 e. The fourth-order valence-electron chi connectivity index (χ4n) is 2.82. The van der Waals surface area contributed by atoms with E-state index >= 15 is 0 Å².